The summed E-state index contributed by atoms with van der Waals surface area (Å²) in [7, 11) is -0.702. The molecule has 0 aliphatic rings. The summed E-state index contributed by atoms with van der Waals surface area (Å²) in [6.07, 6.45) is 5.59. The van der Waals surface area contributed by atoms with Gasteiger partial charge in [-0.2, -0.15) is 0 Å². The summed E-state index contributed by atoms with van der Waals surface area (Å²) in [5.74, 6) is 0.805. The summed E-state index contributed by atoms with van der Waals surface area (Å²) >= 11 is 0. The predicted molar refractivity (Wildman–Crippen MR) is 69.7 cm³/mol. The summed E-state index contributed by atoms with van der Waals surface area (Å²) in [6, 6.07) is 0.551. The highest BCUT2D eigenvalue weighted by atomic mass is 32.2. The zero-order chi connectivity index (χ0) is 11.8. The maximum atomic E-state index is 11.1. The van der Waals surface area contributed by atoms with E-state index < -0.39 is 10.8 Å². The minimum Gasteiger partial charge on any atom is -0.313 e. The molecule has 0 aromatic heterocycles. The van der Waals surface area contributed by atoms with Crippen LogP contribution in [0, 0.1) is 5.92 Å². The molecule has 0 aromatic rings. The molecule has 0 fully saturated rings. The second-order valence-corrected chi connectivity index (χ2v) is 6.75. The molecule has 0 amide bonds. The number of hydrogen-bond donors (Lipinski definition) is 1. The van der Waals surface area contributed by atoms with Gasteiger partial charge in [0, 0.05) is 34.9 Å². The van der Waals surface area contributed by atoms with E-state index in [0.29, 0.717) is 6.04 Å². The molecule has 0 bridgehead atoms. The van der Waals surface area contributed by atoms with Crippen molar-refractivity contribution < 1.29 is 4.21 Å². The van der Waals surface area contributed by atoms with Crippen LogP contribution in [0.3, 0.4) is 0 Å². The standard InChI is InChI=1S/C12H27NOS/c1-10(2)7-6-8-11(3)13-9-12(4)15(5)14/h10-13H,6-9H2,1-5H3. The van der Waals surface area contributed by atoms with Gasteiger partial charge in [0.05, 0.1) is 0 Å². The Morgan fingerprint density at radius 1 is 1.13 bits per heavy atom. The van der Waals surface area contributed by atoms with Gasteiger partial charge in [-0.3, -0.25) is 4.21 Å². The zero-order valence-corrected chi connectivity index (χ0v) is 11.7. The van der Waals surface area contributed by atoms with Gasteiger partial charge in [-0.15, -0.1) is 0 Å². The minimum atomic E-state index is -0.702. The monoisotopic (exact) mass is 233 g/mol. The van der Waals surface area contributed by atoms with E-state index >= 15 is 0 Å². The first-order valence-corrected chi connectivity index (χ1v) is 7.61. The van der Waals surface area contributed by atoms with Crippen LogP contribution in [0.15, 0.2) is 0 Å². The molecule has 0 aliphatic carbocycles. The highest BCUT2D eigenvalue weighted by Crippen LogP contribution is 2.08. The number of hydrogen-bond acceptors (Lipinski definition) is 2. The van der Waals surface area contributed by atoms with E-state index in [2.05, 4.69) is 26.1 Å². The van der Waals surface area contributed by atoms with E-state index in [1.165, 1.54) is 19.3 Å². The fraction of sp³-hybridized carbons (Fsp3) is 1.00. The van der Waals surface area contributed by atoms with Crippen LogP contribution in [0.25, 0.3) is 0 Å². The molecule has 0 rings (SSSR count). The molecule has 0 aliphatic heterocycles. The first-order valence-electron chi connectivity index (χ1n) is 5.99. The van der Waals surface area contributed by atoms with E-state index in [4.69, 9.17) is 0 Å². The lowest BCUT2D eigenvalue weighted by molar-refractivity contribution is 0.458. The fourth-order valence-electron chi connectivity index (χ4n) is 1.42. The summed E-state index contributed by atoms with van der Waals surface area (Å²) < 4.78 is 11.1. The molecule has 0 radical (unpaired) electrons. The molecule has 1 N–H and O–H groups in total. The van der Waals surface area contributed by atoms with Crippen LogP contribution in [0.1, 0.15) is 47.0 Å². The van der Waals surface area contributed by atoms with Crippen LogP contribution in [-0.2, 0) is 10.8 Å². The Labute approximate surface area is 97.7 Å². The molecule has 92 valence electrons. The van der Waals surface area contributed by atoms with Crippen molar-refractivity contribution in [2.24, 2.45) is 5.92 Å². The van der Waals surface area contributed by atoms with Crippen LogP contribution >= 0.6 is 0 Å². The average Bonchev–Trinajstić information content (AvgIpc) is 2.13. The first kappa shape index (κ1) is 15.1. The topological polar surface area (TPSA) is 29.1 Å². The Morgan fingerprint density at radius 3 is 2.20 bits per heavy atom. The maximum Gasteiger partial charge on any atom is 0.0441 e. The van der Waals surface area contributed by atoms with E-state index in [9.17, 15) is 4.21 Å². The van der Waals surface area contributed by atoms with Crippen LogP contribution in [0.2, 0.25) is 0 Å². The minimum absolute atomic E-state index is 0.262. The second kappa shape index (κ2) is 8.28. The smallest absolute Gasteiger partial charge is 0.0441 e. The largest absolute Gasteiger partial charge is 0.313 e. The highest BCUT2D eigenvalue weighted by molar-refractivity contribution is 7.84. The normalized spacial score (nSPS) is 17.7. The van der Waals surface area contributed by atoms with E-state index in [1.54, 1.807) is 6.26 Å². The molecule has 2 nitrogen and oxygen atoms in total. The van der Waals surface area contributed by atoms with Crippen LogP contribution in [0.4, 0.5) is 0 Å². The third-order valence-corrected chi connectivity index (χ3v) is 4.04. The summed E-state index contributed by atoms with van der Waals surface area (Å²) in [6.45, 7) is 9.64. The van der Waals surface area contributed by atoms with Crippen LogP contribution in [-0.4, -0.2) is 28.3 Å². The zero-order valence-electron chi connectivity index (χ0n) is 10.9. The van der Waals surface area contributed by atoms with Gasteiger partial charge < -0.3 is 5.32 Å². The van der Waals surface area contributed by atoms with Gasteiger partial charge in [0.25, 0.3) is 0 Å². The molecule has 0 saturated heterocycles. The molecular formula is C12H27NOS. The third kappa shape index (κ3) is 9.06. The van der Waals surface area contributed by atoms with Gasteiger partial charge in [0.1, 0.15) is 0 Å². The van der Waals surface area contributed by atoms with Crippen LogP contribution in [0.5, 0.6) is 0 Å². The van der Waals surface area contributed by atoms with Crippen molar-refractivity contribution in [2.45, 2.75) is 58.2 Å². The third-order valence-electron chi connectivity index (χ3n) is 2.74. The lowest BCUT2D eigenvalue weighted by Crippen LogP contribution is -2.34. The first-order chi connectivity index (χ1) is 6.93. The molecule has 3 unspecified atom stereocenters. The van der Waals surface area contributed by atoms with Crippen molar-refractivity contribution in [2.75, 3.05) is 12.8 Å². The van der Waals surface area contributed by atoms with Gasteiger partial charge in [-0.25, -0.2) is 0 Å². The SMILES string of the molecule is CC(C)CCCC(C)NCC(C)S(C)=O. The molecule has 3 atom stereocenters. The van der Waals surface area contributed by atoms with Crippen molar-refractivity contribution >= 4 is 10.8 Å². The second-order valence-electron chi connectivity index (χ2n) is 4.94. The van der Waals surface area contributed by atoms with Gasteiger partial charge in [0.15, 0.2) is 0 Å². The molecular weight excluding hydrogens is 206 g/mol. The number of nitrogens with one attached hydrogen (secondary N) is 1. The Bertz CT molecular complexity index is 182. The van der Waals surface area contributed by atoms with Gasteiger partial charge in [0.2, 0.25) is 0 Å². The maximum absolute atomic E-state index is 11.1. The summed E-state index contributed by atoms with van der Waals surface area (Å²) in [5.41, 5.74) is 0. The van der Waals surface area contributed by atoms with Crippen molar-refractivity contribution in [1.29, 1.82) is 0 Å². The highest BCUT2D eigenvalue weighted by Gasteiger charge is 2.08. The Balaban J connectivity index is 3.48. The molecule has 3 heteroatoms. The molecule has 0 aromatic carbocycles. The van der Waals surface area contributed by atoms with E-state index in [-0.39, 0.29) is 5.25 Å². The van der Waals surface area contributed by atoms with Crippen molar-refractivity contribution in [1.82, 2.24) is 5.32 Å². The van der Waals surface area contributed by atoms with E-state index in [0.717, 1.165) is 12.5 Å². The summed E-state index contributed by atoms with van der Waals surface area (Å²) in [5, 5.41) is 3.71. The van der Waals surface area contributed by atoms with Gasteiger partial charge in [-0.1, -0.05) is 26.7 Å². The summed E-state index contributed by atoms with van der Waals surface area (Å²) in [4.78, 5) is 0. The Hall–Kier alpha value is 0.110. The Morgan fingerprint density at radius 2 is 1.73 bits per heavy atom. The quantitative estimate of drug-likeness (QED) is 0.698. The molecule has 0 saturated carbocycles. The lowest BCUT2D eigenvalue weighted by atomic mass is 10.0. The lowest BCUT2D eigenvalue weighted by Gasteiger charge is -2.16. The van der Waals surface area contributed by atoms with Crippen molar-refractivity contribution in [3.63, 3.8) is 0 Å². The van der Waals surface area contributed by atoms with Gasteiger partial charge in [-0.05, 0) is 26.2 Å². The average molecular weight is 233 g/mol. The van der Waals surface area contributed by atoms with E-state index in [1.807, 2.05) is 6.92 Å². The molecule has 0 heterocycles. The van der Waals surface area contributed by atoms with Crippen molar-refractivity contribution in [3.8, 4) is 0 Å². The molecule has 0 spiro atoms. The van der Waals surface area contributed by atoms with Crippen LogP contribution < -0.4 is 5.32 Å². The number of rotatable bonds is 8. The fourth-order valence-corrected chi connectivity index (χ4v) is 1.75. The molecule has 15 heavy (non-hydrogen) atoms. The Kier molecular flexibility index (Phi) is 8.34. The predicted octanol–water partition coefficient (Wildman–Crippen LogP) is 2.56. The van der Waals surface area contributed by atoms with Gasteiger partial charge >= 0.3 is 0 Å². The van der Waals surface area contributed by atoms with Crippen molar-refractivity contribution in [3.05, 3.63) is 0 Å².